The second-order valence-electron chi connectivity index (χ2n) is 3.77. The van der Waals surface area contributed by atoms with Gasteiger partial charge in [0.1, 0.15) is 4.21 Å². The monoisotopic (exact) mass is 282 g/mol. The first-order valence-electron chi connectivity index (χ1n) is 5.49. The Hall–Kier alpha value is -1.53. The minimum Gasteiger partial charge on any atom is -0.397 e. The Bertz CT molecular complexity index is 648. The zero-order valence-electron chi connectivity index (χ0n) is 9.88. The normalized spacial score (nSPS) is 11.4. The molecule has 2 aromatic rings. The first-order valence-corrected chi connectivity index (χ1v) is 7.79. The fourth-order valence-corrected chi connectivity index (χ4v) is 3.86. The van der Waals surface area contributed by atoms with Gasteiger partial charge in [-0.3, -0.25) is 4.72 Å². The van der Waals surface area contributed by atoms with Crippen molar-refractivity contribution in [2.45, 2.75) is 17.6 Å². The van der Waals surface area contributed by atoms with Gasteiger partial charge in [0.05, 0.1) is 11.4 Å². The Labute approximate surface area is 111 Å². The van der Waals surface area contributed by atoms with Crippen LogP contribution in [-0.2, 0) is 16.4 Å². The Kier molecular flexibility index (Phi) is 3.58. The fraction of sp³-hybridized carbons (Fsp3) is 0.167. The molecule has 18 heavy (non-hydrogen) atoms. The maximum Gasteiger partial charge on any atom is 0.271 e. The van der Waals surface area contributed by atoms with Crippen LogP contribution in [0.4, 0.5) is 11.4 Å². The SMILES string of the molecule is CCc1ccc(S(=O)(=O)Nc2ccccc2N)s1. The molecule has 3 N–H and O–H groups in total. The highest BCUT2D eigenvalue weighted by Crippen LogP contribution is 2.26. The molecule has 1 aromatic carbocycles. The molecule has 0 bridgehead atoms. The van der Waals surface area contributed by atoms with Crippen LogP contribution in [0.15, 0.2) is 40.6 Å². The average molecular weight is 282 g/mol. The van der Waals surface area contributed by atoms with Crippen LogP contribution in [0.1, 0.15) is 11.8 Å². The van der Waals surface area contributed by atoms with Gasteiger partial charge in [0.2, 0.25) is 0 Å². The Morgan fingerprint density at radius 1 is 1.22 bits per heavy atom. The van der Waals surface area contributed by atoms with E-state index in [-0.39, 0.29) is 0 Å². The van der Waals surface area contributed by atoms with Crippen molar-refractivity contribution >= 4 is 32.7 Å². The lowest BCUT2D eigenvalue weighted by atomic mass is 10.3. The van der Waals surface area contributed by atoms with E-state index in [0.29, 0.717) is 15.6 Å². The number of nitrogens with two attached hydrogens (primary N) is 1. The van der Waals surface area contributed by atoms with Crippen molar-refractivity contribution in [3.63, 3.8) is 0 Å². The van der Waals surface area contributed by atoms with Crippen LogP contribution in [0.2, 0.25) is 0 Å². The Balaban J connectivity index is 2.30. The molecule has 4 nitrogen and oxygen atoms in total. The zero-order chi connectivity index (χ0) is 13.2. The van der Waals surface area contributed by atoms with Crippen molar-refractivity contribution in [2.75, 3.05) is 10.5 Å². The fourth-order valence-electron chi connectivity index (χ4n) is 1.48. The Morgan fingerprint density at radius 3 is 2.56 bits per heavy atom. The third-order valence-electron chi connectivity index (χ3n) is 2.46. The lowest BCUT2D eigenvalue weighted by Crippen LogP contribution is -2.12. The number of thiophene rings is 1. The molecule has 0 atom stereocenters. The smallest absolute Gasteiger partial charge is 0.271 e. The van der Waals surface area contributed by atoms with E-state index in [1.807, 2.05) is 13.0 Å². The number of anilines is 2. The highest BCUT2D eigenvalue weighted by atomic mass is 32.2. The molecular weight excluding hydrogens is 268 g/mol. The zero-order valence-corrected chi connectivity index (χ0v) is 11.5. The molecule has 0 spiro atoms. The summed E-state index contributed by atoms with van der Waals surface area (Å²) in [6, 6.07) is 10.2. The van der Waals surface area contributed by atoms with Crippen molar-refractivity contribution in [1.82, 2.24) is 0 Å². The van der Waals surface area contributed by atoms with E-state index in [4.69, 9.17) is 5.73 Å². The summed E-state index contributed by atoms with van der Waals surface area (Å²) >= 11 is 1.27. The van der Waals surface area contributed by atoms with E-state index in [9.17, 15) is 8.42 Å². The molecule has 2 rings (SSSR count). The summed E-state index contributed by atoms with van der Waals surface area (Å²) < 4.78 is 27.1. The molecule has 0 aliphatic rings. The van der Waals surface area contributed by atoms with Crippen LogP contribution in [0.25, 0.3) is 0 Å². The van der Waals surface area contributed by atoms with E-state index in [2.05, 4.69) is 4.72 Å². The number of hydrogen-bond donors (Lipinski definition) is 2. The molecule has 1 heterocycles. The van der Waals surface area contributed by atoms with Gasteiger partial charge in [-0.2, -0.15) is 0 Å². The van der Waals surface area contributed by atoms with E-state index in [0.717, 1.165) is 11.3 Å². The first-order chi connectivity index (χ1) is 8.53. The van der Waals surface area contributed by atoms with Gasteiger partial charge in [-0.05, 0) is 30.7 Å². The molecule has 0 aliphatic heterocycles. The standard InChI is InChI=1S/C12H14N2O2S2/c1-2-9-7-8-12(17-9)18(15,16)14-11-6-4-3-5-10(11)13/h3-8,14H,2,13H2,1H3. The maximum atomic E-state index is 12.1. The van der Waals surface area contributed by atoms with E-state index in [1.165, 1.54) is 11.3 Å². The summed E-state index contributed by atoms with van der Waals surface area (Å²) in [5, 5.41) is 0. The molecule has 0 aliphatic carbocycles. The van der Waals surface area contributed by atoms with Gasteiger partial charge >= 0.3 is 0 Å². The van der Waals surface area contributed by atoms with Gasteiger partial charge in [-0.25, -0.2) is 8.42 Å². The summed E-state index contributed by atoms with van der Waals surface area (Å²) in [6.07, 6.45) is 0.827. The van der Waals surface area contributed by atoms with Crippen molar-refractivity contribution in [3.8, 4) is 0 Å². The van der Waals surface area contributed by atoms with Crippen LogP contribution in [0.5, 0.6) is 0 Å². The highest BCUT2D eigenvalue weighted by molar-refractivity contribution is 7.94. The van der Waals surface area contributed by atoms with Gasteiger partial charge < -0.3 is 5.73 Å². The predicted octanol–water partition coefficient (Wildman–Crippen LogP) is 2.69. The minimum atomic E-state index is -3.54. The number of hydrogen-bond acceptors (Lipinski definition) is 4. The number of nitrogen functional groups attached to an aromatic ring is 1. The van der Waals surface area contributed by atoms with Gasteiger partial charge in [0, 0.05) is 4.88 Å². The number of rotatable bonds is 4. The third kappa shape index (κ3) is 2.65. The van der Waals surface area contributed by atoms with Crippen molar-refractivity contribution < 1.29 is 8.42 Å². The molecule has 1 aromatic heterocycles. The maximum absolute atomic E-state index is 12.1. The lowest BCUT2D eigenvalue weighted by molar-refractivity contribution is 0.603. The van der Waals surface area contributed by atoms with Crippen LogP contribution < -0.4 is 10.5 Å². The van der Waals surface area contributed by atoms with Crippen LogP contribution >= 0.6 is 11.3 Å². The Morgan fingerprint density at radius 2 is 1.94 bits per heavy atom. The topological polar surface area (TPSA) is 72.2 Å². The summed E-state index contributed by atoms with van der Waals surface area (Å²) in [7, 11) is -3.54. The number of para-hydroxylation sites is 2. The molecule has 96 valence electrons. The molecule has 6 heteroatoms. The highest BCUT2D eigenvalue weighted by Gasteiger charge is 2.17. The van der Waals surface area contributed by atoms with Crippen LogP contribution in [0.3, 0.4) is 0 Å². The predicted molar refractivity (Wildman–Crippen MR) is 75.4 cm³/mol. The van der Waals surface area contributed by atoms with E-state index < -0.39 is 10.0 Å². The third-order valence-corrected chi connectivity index (χ3v) is 5.54. The average Bonchev–Trinajstić information content (AvgIpc) is 2.81. The largest absolute Gasteiger partial charge is 0.397 e. The number of sulfonamides is 1. The summed E-state index contributed by atoms with van der Waals surface area (Å²) in [5.74, 6) is 0. The van der Waals surface area contributed by atoms with Gasteiger partial charge in [0.15, 0.2) is 0 Å². The van der Waals surface area contributed by atoms with Gasteiger partial charge in [-0.15, -0.1) is 11.3 Å². The summed E-state index contributed by atoms with van der Waals surface area (Å²) in [5.41, 5.74) is 6.53. The van der Waals surface area contributed by atoms with E-state index in [1.54, 1.807) is 30.3 Å². The van der Waals surface area contributed by atoms with E-state index >= 15 is 0 Å². The second kappa shape index (κ2) is 4.99. The van der Waals surface area contributed by atoms with Crippen molar-refractivity contribution in [3.05, 3.63) is 41.3 Å². The van der Waals surface area contributed by atoms with Crippen LogP contribution in [0, 0.1) is 0 Å². The van der Waals surface area contributed by atoms with Crippen molar-refractivity contribution in [1.29, 1.82) is 0 Å². The number of aryl methyl sites for hydroxylation is 1. The van der Waals surface area contributed by atoms with Gasteiger partial charge in [0.25, 0.3) is 10.0 Å². The minimum absolute atomic E-state index is 0.308. The lowest BCUT2D eigenvalue weighted by Gasteiger charge is -2.08. The second-order valence-corrected chi connectivity index (χ2v) is 6.84. The van der Waals surface area contributed by atoms with Crippen molar-refractivity contribution in [2.24, 2.45) is 0 Å². The number of nitrogens with one attached hydrogen (secondary N) is 1. The summed E-state index contributed by atoms with van der Waals surface area (Å²) in [6.45, 7) is 1.99. The molecule has 0 radical (unpaired) electrons. The molecule has 0 amide bonds. The summed E-state index contributed by atoms with van der Waals surface area (Å²) in [4.78, 5) is 1.04. The molecular formula is C12H14N2O2S2. The molecule has 0 saturated carbocycles. The first kappa shape index (κ1) is 12.9. The molecule has 0 fully saturated rings. The number of benzene rings is 1. The molecule has 0 saturated heterocycles. The quantitative estimate of drug-likeness (QED) is 0.847. The van der Waals surface area contributed by atoms with Gasteiger partial charge in [-0.1, -0.05) is 19.1 Å². The van der Waals surface area contributed by atoms with Crippen LogP contribution in [-0.4, -0.2) is 8.42 Å². The molecule has 0 unspecified atom stereocenters.